The molecule has 2 heterocycles. The van der Waals surface area contributed by atoms with Crippen molar-refractivity contribution >= 4 is 22.8 Å². The van der Waals surface area contributed by atoms with E-state index in [-0.39, 0.29) is 12.3 Å². The highest BCUT2D eigenvalue weighted by molar-refractivity contribution is 5.90. The van der Waals surface area contributed by atoms with Crippen LogP contribution in [0.1, 0.15) is 18.4 Å². The van der Waals surface area contributed by atoms with Crippen LogP contribution < -0.4 is 10.4 Å². The predicted molar refractivity (Wildman–Crippen MR) is 85.1 cm³/mol. The van der Waals surface area contributed by atoms with Crippen LogP contribution in [0.2, 0.25) is 0 Å². The lowest BCUT2D eigenvalue weighted by atomic mass is 10.1. The molecule has 1 aromatic carbocycles. The number of aliphatic carboxylic acids is 1. The first kappa shape index (κ1) is 16.0. The average molecular weight is 331 g/mol. The van der Waals surface area contributed by atoms with Gasteiger partial charge in [-0.1, -0.05) is 0 Å². The van der Waals surface area contributed by atoms with Gasteiger partial charge in [-0.2, -0.15) is 0 Å². The van der Waals surface area contributed by atoms with Crippen molar-refractivity contribution in [2.24, 2.45) is 0 Å². The van der Waals surface area contributed by atoms with E-state index in [1.54, 1.807) is 18.2 Å². The number of hydrogen-bond donors (Lipinski definition) is 1. The summed E-state index contributed by atoms with van der Waals surface area (Å²) in [5, 5.41) is 9.83. The van der Waals surface area contributed by atoms with E-state index in [1.807, 2.05) is 0 Å². The number of rotatable bonds is 4. The molecule has 0 bridgehead atoms. The molecule has 7 heteroatoms. The van der Waals surface area contributed by atoms with E-state index in [4.69, 9.17) is 9.15 Å². The third-order valence-corrected chi connectivity index (χ3v) is 4.24. The van der Waals surface area contributed by atoms with Crippen LogP contribution in [0.25, 0.3) is 11.0 Å². The Morgan fingerprint density at radius 3 is 2.88 bits per heavy atom. The number of benzene rings is 1. The average Bonchev–Trinajstić information content (AvgIpc) is 3.04. The molecule has 1 amide bonds. The third kappa shape index (κ3) is 2.97. The molecule has 1 unspecified atom stereocenters. The van der Waals surface area contributed by atoms with Gasteiger partial charge in [-0.15, -0.1) is 0 Å². The molecule has 2 aromatic rings. The second kappa shape index (κ2) is 6.35. The lowest BCUT2D eigenvalue weighted by Gasteiger charge is -2.21. The minimum atomic E-state index is -0.997. The van der Waals surface area contributed by atoms with Crippen molar-refractivity contribution < 1.29 is 23.8 Å². The zero-order valence-corrected chi connectivity index (χ0v) is 13.2. The first-order valence-electron chi connectivity index (χ1n) is 7.62. The van der Waals surface area contributed by atoms with E-state index >= 15 is 0 Å². The van der Waals surface area contributed by atoms with Crippen molar-refractivity contribution in [1.82, 2.24) is 4.90 Å². The van der Waals surface area contributed by atoms with Gasteiger partial charge in [0.1, 0.15) is 17.4 Å². The fourth-order valence-corrected chi connectivity index (χ4v) is 3.07. The van der Waals surface area contributed by atoms with E-state index in [0.717, 1.165) is 0 Å². The number of fused-ring (bicyclic) bond motifs is 1. The van der Waals surface area contributed by atoms with Crippen molar-refractivity contribution in [3.63, 3.8) is 0 Å². The Balaban J connectivity index is 1.93. The van der Waals surface area contributed by atoms with Crippen molar-refractivity contribution in [2.45, 2.75) is 25.3 Å². The Bertz CT molecular complexity index is 856. The number of carbonyl (C=O) groups excluding carboxylic acids is 1. The van der Waals surface area contributed by atoms with Crippen LogP contribution in [0, 0.1) is 0 Å². The maximum atomic E-state index is 12.5. The van der Waals surface area contributed by atoms with Gasteiger partial charge >= 0.3 is 11.6 Å². The maximum absolute atomic E-state index is 12.5. The lowest BCUT2D eigenvalue weighted by molar-refractivity contribution is -0.147. The zero-order valence-electron chi connectivity index (χ0n) is 13.2. The Morgan fingerprint density at radius 2 is 2.17 bits per heavy atom. The van der Waals surface area contributed by atoms with Gasteiger partial charge in [-0.25, -0.2) is 9.59 Å². The number of ether oxygens (including phenoxy) is 1. The topological polar surface area (TPSA) is 97.0 Å². The zero-order chi connectivity index (χ0) is 17.3. The van der Waals surface area contributed by atoms with Crippen molar-refractivity contribution in [3.05, 3.63) is 40.2 Å². The van der Waals surface area contributed by atoms with Gasteiger partial charge in [0.05, 0.1) is 13.5 Å². The Morgan fingerprint density at radius 1 is 1.38 bits per heavy atom. The number of amides is 1. The highest BCUT2D eigenvalue weighted by Gasteiger charge is 2.33. The van der Waals surface area contributed by atoms with Gasteiger partial charge in [0, 0.05) is 24.1 Å². The number of hydrogen-bond acceptors (Lipinski definition) is 5. The summed E-state index contributed by atoms with van der Waals surface area (Å²) in [5.74, 6) is -0.759. The molecule has 1 fully saturated rings. The molecule has 1 aliphatic rings. The first-order valence-corrected chi connectivity index (χ1v) is 7.62. The molecular formula is C17H17NO6. The van der Waals surface area contributed by atoms with E-state index in [2.05, 4.69) is 0 Å². The van der Waals surface area contributed by atoms with Crippen molar-refractivity contribution in [3.8, 4) is 5.75 Å². The lowest BCUT2D eigenvalue weighted by Crippen LogP contribution is -2.41. The quantitative estimate of drug-likeness (QED) is 0.851. The van der Waals surface area contributed by atoms with E-state index in [9.17, 15) is 19.5 Å². The van der Waals surface area contributed by atoms with Gasteiger partial charge in [-0.05, 0) is 30.5 Å². The SMILES string of the molecule is COc1ccc2c(CC(=O)N3CCCC3C(=O)O)cc(=O)oc2c1. The second-order valence-electron chi connectivity index (χ2n) is 5.71. The summed E-state index contributed by atoms with van der Waals surface area (Å²) in [7, 11) is 1.51. The number of carboxylic acids is 1. The molecule has 126 valence electrons. The summed E-state index contributed by atoms with van der Waals surface area (Å²) >= 11 is 0. The van der Waals surface area contributed by atoms with Crippen molar-refractivity contribution in [2.75, 3.05) is 13.7 Å². The van der Waals surface area contributed by atoms with E-state index < -0.39 is 17.6 Å². The highest BCUT2D eigenvalue weighted by atomic mass is 16.5. The van der Waals surface area contributed by atoms with Crippen LogP contribution in [0.15, 0.2) is 33.5 Å². The second-order valence-corrected chi connectivity index (χ2v) is 5.71. The number of likely N-dealkylation sites (tertiary alicyclic amines) is 1. The normalized spacial score (nSPS) is 17.2. The number of nitrogens with zero attached hydrogens (tertiary/aromatic N) is 1. The van der Waals surface area contributed by atoms with Gasteiger partial charge in [0.2, 0.25) is 5.91 Å². The number of methoxy groups -OCH3 is 1. The molecule has 0 aliphatic carbocycles. The molecule has 3 rings (SSSR count). The fourth-order valence-electron chi connectivity index (χ4n) is 3.07. The van der Waals surface area contributed by atoms with Gasteiger partial charge in [0.15, 0.2) is 0 Å². The number of carbonyl (C=O) groups is 2. The molecule has 1 atom stereocenters. The molecule has 1 N–H and O–H groups in total. The van der Waals surface area contributed by atoms with Gasteiger partial charge in [-0.3, -0.25) is 4.79 Å². The van der Waals surface area contributed by atoms with Gasteiger partial charge < -0.3 is 19.2 Å². The first-order chi connectivity index (χ1) is 11.5. The minimum Gasteiger partial charge on any atom is -0.497 e. The van der Waals surface area contributed by atoms with Crippen LogP contribution in [-0.4, -0.2) is 41.6 Å². The Kier molecular flexibility index (Phi) is 4.24. The molecule has 1 aliphatic heterocycles. The minimum absolute atomic E-state index is 0.0434. The maximum Gasteiger partial charge on any atom is 0.336 e. The summed E-state index contributed by atoms with van der Waals surface area (Å²) < 4.78 is 10.3. The smallest absolute Gasteiger partial charge is 0.336 e. The van der Waals surface area contributed by atoms with E-state index in [1.165, 1.54) is 18.1 Å². The summed E-state index contributed by atoms with van der Waals surface area (Å²) in [6, 6.07) is 5.51. The Hall–Kier alpha value is -2.83. The number of carboxylic acid groups (broad SMARTS) is 1. The Labute approximate surface area is 137 Å². The van der Waals surface area contributed by atoms with Crippen LogP contribution in [-0.2, 0) is 16.0 Å². The highest BCUT2D eigenvalue weighted by Crippen LogP contribution is 2.24. The van der Waals surface area contributed by atoms with Crippen LogP contribution in [0.5, 0.6) is 5.75 Å². The summed E-state index contributed by atoms with van der Waals surface area (Å²) in [5.41, 5.74) is 0.292. The summed E-state index contributed by atoms with van der Waals surface area (Å²) in [6.07, 6.45) is 1.08. The van der Waals surface area contributed by atoms with Crippen LogP contribution >= 0.6 is 0 Å². The molecule has 0 saturated carbocycles. The van der Waals surface area contributed by atoms with Crippen LogP contribution in [0.4, 0.5) is 0 Å². The summed E-state index contributed by atoms with van der Waals surface area (Å²) in [4.78, 5) is 36.9. The van der Waals surface area contributed by atoms with E-state index in [0.29, 0.717) is 41.7 Å². The molecule has 7 nitrogen and oxygen atoms in total. The molecule has 1 saturated heterocycles. The molecule has 0 radical (unpaired) electrons. The molecular weight excluding hydrogens is 314 g/mol. The predicted octanol–water partition coefficient (Wildman–Crippen LogP) is 1.42. The standard InChI is InChI=1S/C17H17NO6/c1-23-11-4-5-12-10(8-16(20)24-14(12)9-11)7-15(19)18-6-2-3-13(18)17(21)22/h4-5,8-9,13H,2-3,6-7H2,1H3,(H,21,22). The monoisotopic (exact) mass is 331 g/mol. The van der Waals surface area contributed by atoms with Gasteiger partial charge in [0.25, 0.3) is 0 Å². The largest absolute Gasteiger partial charge is 0.497 e. The van der Waals surface area contributed by atoms with Crippen molar-refractivity contribution in [1.29, 1.82) is 0 Å². The molecule has 1 aromatic heterocycles. The third-order valence-electron chi connectivity index (χ3n) is 4.24. The summed E-state index contributed by atoms with van der Waals surface area (Å²) in [6.45, 7) is 0.420. The van der Waals surface area contributed by atoms with Crippen LogP contribution in [0.3, 0.4) is 0 Å². The fraction of sp³-hybridized carbons (Fsp3) is 0.353. The molecule has 0 spiro atoms. The molecule has 24 heavy (non-hydrogen) atoms.